The van der Waals surface area contributed by atoms with Crippen molar-refractivity contribution < 1.29 is 17.2 Å². The number of sulfonamides is 1. The highest BCUT2D eigenvalue weighted by atomic mass is 32.2. The van der Waals surface area contributed by atoms with Crippen molar-refractivity contribution in [2.75, 3.05) is 28.0 Å². The summed E-state index contributed by atoms with van der Waals surface area (Å²) in [6.45, 7) is 3.80. The first-order valence-corrected chi connectivity index (χ1v) is 11.8. The molecular formula is C22H23F2N5O2S. The lowest BCUT2D eigenvalue weighted by atomic mass is 10.2. The van der Waals surface area contributed by atoms with Gasteiger partial charge in [0.2, 0.25) is 10.0 Å². The van der Waals surface area contributed by atoms with Crippen LogP contribution in [0.2, 0.25) is 0 Å². The van der Waals surface area contributed by atoms with Crippen molar-refractivity contribution in [1.29, 1.82) is 0 Å². The van der Waals surface area contributed by atoms with Gasteiger partial charge in [-0.15, -0.1) is 0 Å². The highest BCUT2D eigenvalue weighted by molar-refractivity contribution is 7.91. The fourth-order valence-corrected chi connectivity index (χ4v) is 4.80. The molecule has 0 unspecified atom stereocenters. The summed E-state index contributed by atoms with van der Waals surface area (Å²) in [4.78, 5) is 11.2. The molecule has 1 saturated heterocycles. The molecule has 0 radical (unpaired) electrons. The molecule has 0 amide bonds. The summed E-state index contributed by atoms with van der Waals surface area (Å²) in [5.41, 5.74) is 1.09. The van der Waals surface area contributed by atoms with E-state index < -0.39 is 27.4 Å². The van der Waals surface area contributed by atoms with Crippen molar-refractivity contribution >= 4 is 33.0 Å². The van der Waals surface area contributed by atoms with Crippen molar-refractivity contribution in [3.8, 4) is 0 Å². The van der Waals surface area contributed by atoms with Gasteiger partial charge in [0.15, 0.2) is 0 Å². The van der Waals surface area contributed by atoms with Crippen LogP contribution in [0.15, 0.2) is 48.5 Å². The molecule has 7 nitrogen and oxygen atoms in total. The first-order chi connectivity index (χ1) is 15.3. The van der Waals surface area contributed by atoms with Crippen LogP contribution in [0.3, 0.4) is 0 Å². The number of rotatable bonds is 7. The largest absolute Gasteiger partial charge is 0.356 e. The minimum Gasteiger partial charge on any atom is -0.356 e. The van der Waals surface area contributed by atoms with Crippen LogP contribution in [0.1, 0.15) is 24.2 Å². The van der Waals surface area contributed by atoms with Crippen LogP contribution in [-0.4, -0.2) is 31.5 Å². The molecule has 1 aliphatic rings. The Hall–Kier alpha value is -3.27. The van der Waals surface area contributed by atoms with Gasteiger partial charge >= 0.3 is 0 Å². The fourth-order valence-electron chi connectivity index (χ4n) is 3.62. The number of aryl methyl sites for hydroxylation is 1. The second kappa shape index (κ2) is 9.07. The summed E-state index contributed by atoms with van der Waals surface area (Å²) in [6, 6.07) is 11.2. The molecule has 3 aromatic rings. The molecule has 0 saturated carbocycles. The number of hydrogen-bond donors (Lipinski definition) is 2. The van der Waals surface area contributed by atoms with E-state index in [9.17, 15) is 17.2 Å². The number of benzene rings is 2. The van der Waals surface area contributed by atoms with Gasteiger partial charge in [0, 0.05) is 36.6 Å². The quantitative estimate of drug-likeness (QED) is 0.546. The summed E-state index contributed by atoms with van der Waals surface area (Å²) >= 11 is 0. The van der Waals surface area contributed by atoms with Crippen molar-refractivity contribution in [3.63, 3.8) is 0 Å². The third kappa shape index (κ3) is 5.70. The molecule has 0 aliphatic carbocycles. The van der Waals surface area contributed by atoms with E-state index in [0.29, 0.717) is 23.4 Å². The maximum Gasteiger partial charge on any atom is 0.236 e. The normalized spacial score (nSPS) is 13.9. The van der Waals surface area contributed by atoms with Crippen LogP contribution >= 0.6 is 0 Å². The van der Waals surface area contributed by atoms with Gasteiger partial charge in [-0.3, -0.25) is 4.72 Å². The zero-order valence-corrected chi connectivity index (χ0v) is 18.3. The van der Waals surface area contributed by atoms with Gasteiger partial charge in [0.05, 0.1) is 5.75 Å². The van der Waals surface area contributed by atoms with Gasteiger partial charge in [0.1, 0.15) is 29.1 Å². The standard InChI is InChI=1S/C22H23F2N5O2S/c1-15-25-21(13-22(26-15)29-8-2-3-9-29)27-19-4-6-20(7-5-19)28-32(30,31)14-16-10-17(23)12-18(24)11-16/h4-7,10-13,28H,2-3,8-9,14H2,1H3,(H,25,26,27). The van der Waals surface area contributed by atoms with Crippen molar-refractivity contribution in [1.82, 2.24) is 9.97 Å². The van der Waals surface area contributed by atoms with E-state index in [-0.39, 0.29) is 5.56 Å². The summed E-state index contributed by atoms with van der Waals surface area (Å²) in [5, 5.41) is 3.21. The van der Waals surface area contributed by atoms with E-state index in [4.69, 9.17) is 0 Å². The molecule has 168 valence electrons. The number of aromatic nitrogens is 2. The number of nitrogens with one attached hydrogen (secondary N) is 2. The van der Waals surface area contributed by atoms with Gasteiger partial charge in [-0.2, -0.15) is 0 Å². The Balaban J connectivity index is 1.43. The van der Waals surface area contributed by atoms with Gasteiger partial charge in [-0.05, 0) is 61.7 Å². The third-order valence-electron chi connectivity index (χ3n) is 4.96. The fraction of sp³-hybridized carbons (Fsp3) is 0.273. The van der Waals surface area contributed by atoms with Crippen LogP contribution in [0.4, 0.5) is 31.8 Å². The van der Waals surface area contributed by atoms with Crippen molar-refractivity contribution in [2.24, 2.45) is 0 Å². The molecule has 0 atom stereocenters. The first kappa shape index (κ1) is 21.9. The van der Waals surface area contributed by atoms with E-state index in [1.807, 2.05) is 13.0 Å². The molecule has 1 fully saturated rings. The number of anilines is 4. The molecule has 32 heavy (non-hydrogen) atoms. The monoisotopic (exact) mass is 459 g/mol. The van der Waals surface area contributed by atoms with Gasteiger partial charge < -0.3 is 10.2 Å². The molecule has 1 aliphatic heterocycles. The number of halogens is 2. The minimum absolute atomic E-state index is 0.0289. The second-order valence-electron chi connectivity index (χ2n) is 7.69. The summed E-state index contributed by atoms with van der Waals surface area (Å²) in [5.74, 6) is 0.0183. The summed E-state index contributed by atoms with van der Waals surface area (Å²) in [6.07, 6.45) is 2.30. The predicted octanol–water partition coefficient (Wildman–Crippen LogP) is 4.35. The average molecular weight is 460 g/mol. The molecule has 0 bridgehead atoms. The van der Waals surface area contributed by atoms with Gasteiger partial charge in [-0.25, -0.2) is 27.2 Å². The number of hydrogen-bond acceptors (Lipinski definition) is 6. The highest BCUT2D eigenvalue weighted by Gasteiger charge is 2.16. The summed E-state index contributed by atoms with van der Waals surface area (Å²) < 4.78 is 53.8. The van der Waals surface area contributed by atoms with Gasteiger partial charge in [0.25, 0.3) is 0 Å². The number of nitrogens with zero attached hydrogens (tertiary/aromatic N) is 3. The zero-order chi connectivity index (χ0) is 22.7. The molecule has 0 spiro atoms. The van der Waals surface area contributed by atoms with E-state index in [1.165, 1.54) is 0 Å². The molecule has 2 aromatic carbocycles. The van der Waals surface area contributed by atoms with Crippen LogP contribution in [0.5, 0.6) is 0 Å². The minimum atomic E-state index is -3.84. The van der Waals surface area contributed by atoms with E-state index in [0.717, 1.165) is 49.6 Å². The lowest BCUT2D eigenvalue weighted by Gasteiger charge is -2.18. The van der Waals surface area contributed by atoms with Crippen LogP contribution in [0, 0.1) is 18.6 Å². The smallest absolute Gasteiger partial charge is 0.236 e. The lowest BCUT2D eigenvalue weighted by Crippen LogP contribution is -2.19. The maximum absolute atomic E-state index is 13.3. The molecular weight excluding hydrogens is 436 g/mol. The third-order valence-corrected chi connectivity index (χ3v) is 6.22. The van der Waals surface area contributed by atoms with Crippen LogP contribution in [0.25, 0.3) is 0 Å². The average Bonchev–Trinajstić information content (AvgIpc) is 3.22. The van der Waals surface area contributed by atoms with Crippen LogP contribution < -0.4 is 14.9 Å². The Bertz CT molecular complexity index is 1190. The predicted molar refractivity (Wildman–Crippen MR) is 121 cm³/mol. The Morgan fingerprint density at radius 2 is 1.56 bits per heavy atom. The van der Waals surface area contributed by atoms with E-state index >= 15 is 0 Å². The molecule has 10 heteroatoms. The molecule has 1 aromatic heterocycles. The topological polar surface area (TPSA) is 87.2 Å². The van der Waals surface area contributed by atoms with E-state index in [1.54, 1.807) is 24.3 Å². The summed E-state index contributed by atoms with van der Waals surface area (Å²) in [7, 11) is -3.84. The highest BCUT2D eigenvalue weighted by Crippen LogP contribution is 2.24. The van der Waals surface area contributed by atoms with Crippen molar-refractivity contribution in [3.05, 3.63) is 71.6 Å². The molecule has 2 N–H and O–H groups in total. The second-order valence-corrected chi connectivity index (χ2v) is 9.42. The Labute approximate surface area is 185 Å². The zero-order valence-electron chi connectivity index (χ0n) is 17.5. The Morgan fingerprint density at radius 3 is 2.22 bits per heavy atom. The molecule has 4 rings (SSSR count). The van der Waals surface area contributed by atoms with E-state index in [2.05, 4.69) is 24.9 Å². The van der Waals surface area contributed by atoms with Gasteiger partial charge in [-0.1, -0.05) is 0 Å². The van der Waals surface area contributed by atoms with Crippen LogP contribution in [-0.2, 0) is 15.8 Å². The lowest BCUT2D eigenvalue weighted by molar-refractivity contribution is 0.579. The molecule has 2 heterocycles. The first-order valence-electron chi connectivity index (χ1n) is 10.2. The Kier molecular flexibility index (Phi) is 6.22. The SMILES string of the molecule is Cc1nc(Nc2ccc(NS(=O)(=O)Cc3cc(F)cc(F)c3)cc2)cc(N2CCCC2)n1. The Morgan fingerprint density at radius 1 is 0.938 bits per heavy atom. The maximum atomic E-state index is 13.3. The van der Waals surface area contributed by atoms with Crippen molar-refractivity contribution in [2.45, 2.75) is 25.5 Å².